The quantitative estimate of drug-likeness (QED) is 0.269. The van der Waals surface area contributed by atoms with Crippen LogP contribution in [-0.4, -0.2) is 36.7 Å². The van der Waals surface area contributed by atoms with Crippen molar-refractivity contribution in [1.82, 2.24) is 9.55 Å². The topological polar surface area (TPSA) is 82.6 Å². The number of ketones is 1. The molecule has 0 bridgehead atoms. The number of nitrogens with one attached hydrogen (secondary N) is 1. The highest BCUT2D eigenvalue weighted by molar-refractivity contribution is 6.07. The molecule has 1 heterocycles. The summed E-state index contributed by atoms with van der Waals surface area (Å²) in [6.07, 6.45) is 4.90. The van der Waals surface area contributed by atoms with Gasteiger partial charge in [-0.2, -0.15) is 0 Å². The number of nitrogens with zero attached hydrogens (tertiary/aromatic N) is 1. The first-order valence-corrected chi connectivity index (χ1v) is 11.4. The number of aromatic nitrogens is 2. The van der Waals surface area contributed by atoms with E-state index in [2.05, 4.69) is 4.98 Å². The summed E-state index contributed by atoms with van der Waals surface area (Å²) in [6, 6.07) is 16.5. The molecule has 0 aliphatic rings. The number of H-pyrrole nitrogens is 1. The Kier molecular flexibility index (Phi) is 7.10. The third kappa shape index (κ3) is 4.95. The zero-order valence-corrected chi connectivity index (χ0v) is 20.9. The van der Waals surface area contributed by atoms with Gasteiger partial charge in [0.2, 0.25) is 5.75 Å². The van der Waals surface area contributed by atoms with E-state index in [9.17, 15) is 9.59 Å². The molecule has 1 aromatic heterocycles. The van der Waals surface area contributed by atoms with Crippen LogP contribution >= 0.6 is 0 Å². The average molecular weight is 485 g/mol. The molecule has 0 aliphatic carbocycles. The second kappa shape index (κ2) is 10.4. The van der Waals surface area contributed by atoms with E-state index in [1.165, 1.54) is 37.5 Å². The van der Waals surface area contributed by atoms with Gasteiger partial charge in [-0.05, 0) is 72.5 Å². The van der Waals surface area contributed by atoms with Gasteiger partial charge in [0.05, 0.1) is 32.7 Å². The molecule has 4 rings (SSSR count). The molecule has 36 heavy (non-hydrogen) atoms. The number of methoxy groups -OCH3 is 3. The molecule has 0 spiro atoms. The van der Waals surface area contributed by atoms with Gasteiger partial charge in [0.1, 0.15) is 0 Å². The molecule has 4 aromatic rings. The molecule has 3 aromatic carbocycles. The van der Waals surface area contributed by atoms with Gasteiger partial charge in [-0.1, -0.05) is 30.3 Å². The maximum atomic E-state index is 12.9. The minimum atomic E-state index is -0.277. The van der Waals surface area contributed by atoms with E-state index in [0.717, 1.165) is 11.1 Å². The summed E-state index contributed by atoms with van der Waals surface area (Å²) >= 11 is 0. The summed E-state index contributed by atoms with van der Waals surface area (Å²) in [5.74, 6) is 1.27. The first-order chi connectivity index (χ1) is 17.3. The lowest BCUT2D eigenvalue weighted by atomic mass is 10.0. The minimum absolute atomic E-state index is 0.205. The number of rotatable bonds is 8. The van der Waals surface area contributed by atoms with Gasteiger partial charge >= 0.3 is 5.69 Å². The van der Waals surface area contributed by atoms with Crippen LogP contribution in [0.3, 0.4) is 0 Å². The molecular weight excluding hydrogens is 456 g/mol. The fraction of sp³-hybridized carbons (Fsp3) is 0.172. The summed E-state index contributed by atoms with van der Waals surface area (Å²) in [4.78, 5) is 28.6. The van der Waals surface area contributed by atoms with Crippen LogP contribution in [0.25, 0.3) is 23.0 Å². The smallest absolute Gasteiger partial charge is 0.330 e. The predicted molar refractivity (Wildman–Crippen MR) is 141 cm³/mol. The van der Waals surface area contributed by atoms with Crippen LogP contribution in [0.1, 0.15) is 27.0 Å². The van der Waals surface area contributed by atoms with Crippen LogP contribution in [0.2, 0.25) is 0 Å². The maximum Gasteiger partial charge on any atom is 0.330 e. The number of aryl methyl sites for hydroxylation is 2. The molecule has 0 saturated heterocycles. The van der Waals surface area contributed by atoms with E-state index in [-0.39, 0.29) is 11.5 Å². The lowest BCUT2D eigenvalue weighted by molar-refractivity contribution is 0.104. The zero-order chi connectivity index (χ0) is 25.8. The van der Waals surface area contributed by atoms with Crippen LogP contribution in [0.4, 0.5) is 0 Å². The first kappa shape index (κ1) is 24.6. The first-order valence-electron chi connectivity index (χ1n) is 11.4. The molecule has 0 saturated carbocycles. The average Bonchev–Trinajstić information content (AvgIpc) is 3.29. The maximum absolute atomic E-state index is 12.9. The zero-order valence-electron chi connectivity index (χ0n) is 20.9. The van der Waals surface area contributed by atoms with Crippen molar-refractivity contribution < 1.29 is 19.0 Å². The number of allylic oxidation sites excluding steroid dienone is 1. The largest absolute Gasteiger partial charge is 0.493 e. The van der Waals surface area contributed by atoms with Crippen molar-refractivity contribution >= 4 is 11.9 Å². The summed E-state index contributed by atoms with van der Waals surface area (Å²) in [5.41, 5.74) is 5.46. The Morgan fingerprint density at radius 3 is 2.25 bits per heavy atom. The van der Waals surface area contributed by atoms with E-state index in [4.69, 9.17) is 14.2 Å². The number of benzene rings is 3. The Labute approximate surface area is 209 Å². The molecule has 7 heteroatoms. The molecule has 7 nitrogen and oxygen atoms in total. The Balaban J connectivity index is 1.61. The molecule has 0 amide bonds. The van der Waals surface area contributed by atoms with E-state index in [1.807, 2.05) is 32.0 Å². The molecule has 184 valence electrons. The highest BCUT2D eigenvalue weighted by atomic mass is 16.5. The second-order valence-corrected chi connectivity index (χ2v) is 8.35. The van der Waals surface area contributed by atoms with E-state index in [0.29, 0.717) is 39.8 Å². The van der Waals surface area contributed by atoms with Crippen molar-refractivity contribution in [2.45, 2.75) is 13.8 Å². The summed E-state index contributed by atoms with van der Waals surface area (Å²) in [6.45, 7) is 4.08. The van der Waals surface area contributed by atoms with Crippen LogP contribution in [0.15, 0.2) is 71.7 Å². The Morgan fingerprint density at radius 1 is 0.889 bits per heavy atom. The summed E-state index contributed by atoms with van der Waals surface area (Å²) < 4.78 is 17.6. The predicted octanol–water partition coefficient (Wildman–Crippen LogP) is 5.37. The van der Waals surface area contributed by atoms with Gasteiger partial charge in [0, 0.05) is 11.8 Å². The normalized spacial score (nSPS) is 11.0. The molecule has 0 unspecified atom stereocenters. The van der Waals surface area contributed by atoms with Gasteiger partial charge in [-0.3, -0.25) is 9.36 Å². The van der Waals surface area contributed by atoms with Crippen molar-refractivity contribution in [3.63, 3.8) is 0 Å². The van der Waals surface area contributed by atoms with Crippen LogP contribution in [-0.2, 0) is 0 Å². The molecule has 0 radical (unpaired) electrons. The van der Waals surface area contributed by atoms with Crippen LogP contribution in [0.5, 0.6) is 17.2 Å². The summed E-state index contributed by atoms with van der Waals surface area (Å²) in [5, 5.41) is 0. The van der Waals surface area contributed by atoms with Gasteiger partial charge in [-0.15, -0.1) is 0 Å². The fourth-order valence-corrected chi connectivity index (χ4v) is 3.92. The lowest BCUT2D eigenvalue weighted by Crippen LogP contribution is -2.14. The Bertz CT molecular complexity index is 1490. The van der Waals surface area contributed by atoms with Crippen molar-refractivity contribution in [1.29, 1.82) is 0 Å². The lowest BCUT2D eigenvalue weighted by Gasteiger charge is -2.12. The van der Waals surface area contributed by atoms with E-state index in [1.54, 1.807) is 48.7 Å². The molecule has 0 fully saturated rings. The van der Waals surface area contributed by atoms with Crippen molar-refractivity contribution in [3.8, 4) is 34.2 Å². The molecular formula is C29H28N2O5. The van der Waals surface area contributed by atoms with Crippen molar-refractivity contribution in [3.05, 3.63) is 99.6 Å². The van der Waals surface area contributed by atoms with E-state index < -0.39 is 0 Å². The van der Waals surface area contributed by atoms with Crippen LogP contribution < -0.4 is 19.9 Å². The highest BCUT2D eigenvalue weighted by Crippen LogP contribution is 2.38. The SMILES string of the molecule is COc1cc(/C=C/C(=O)c2cccc(-n3cc(-c4ccc(C)c(C)c4)[nH]c3=O)c2)cc(OC)c1OC. The highest BCUT2D eigenvalue weighted by Gasteiger charge is 2.13. The molecule has 0 atom stereocenters. The van der Waals surface area contributed by atoms with Gasteiger partial charge in [0.15, 0.2) is 17.3 Å². The van der Waals surface area contributed by atoms with Crippen molar-refractivity contribution in [2.24, 2.45) is 0 Å². The Morgan fingerprint density at radius 2 is 1.61 bits per heavy atom. The number of ether oxygens (including phenoxy) is 3. The minimum Gasteiger partial charge on any atom is -0.493 e. The van der Waals surface area contributed by atoms with Gasteiger partial charge < -0.3 is 19.2 Å². The number of aromatic amines is 1. The fourth-order valence-electron chi connectivity index (χ4n) is 3.92. The number of carbonyl (C=O) groups excluding carboxylic acids is 1. The second-order valence-electron chi connectivity index (χ2n) is 8.35. The van der Waals surface area contributed by atoms with E-state index >= 15 is 0 Å². The molecule has 0 aliphatic heterocycles. The number of carbonyl (C=O) groups is 1. The number of hydrogen-bond donors (Lipinski definition) is 1. The van der Waals surface area contributed by atoms with Gasteiger partial charge in [-0.25, -0.2) is 4.79 Å². The number of hydrogen-bond acceptors (Lipinski definition) is 5. The Hall–Kier alpha value is -4.52. The third-order valence-electron chi connectivity index (χ3n) is 6.06. The monoisotopic (exact) mass is 484 g/mol. The summed E-state index contributed by atoms with van der Waals surface area (Å²) in [7, 11) is 4.61. The standard InChI is InChI=1S/C29H28N2O5/c1-18-9-11-21(13-19(18)2)24-17-31(29(33)30-24)23-8-6-7-22(16-23)25(32)12-10-20-14-26(34-3)28(36-5)27(15-20)35-4/h6-17H,1-5H3,(H,30,33)/b12-10+. The number of imidazole rings is 1. The third-order valence-corrected chi connectivity index (χ3v) is 6.06. The van der Waals surface area contributed by atoms with Gasteiger partial charge in [0.25, 0.3) is 0 Å². The van der Waals surface area contributed by atoms with Crippen LogP contribution in [0, 0.1) is 13.8 Å². The van der Waals surface area contributed by atoms with Crippen molar-refractivity contribution in [2.75, 3.05) is 21.3 Å². The molecule has 1 N–H and O–H groups in total.